The molecule has 0 bridgehead atoms. The van der Waals surface area contributed by atoms with Crippen molar-refractivity contribution >= 4 is 34.2 Å². The Hall–Kier alpha value is -2.55. The van der Waals surface area contributed by atoms with Crippen molar-refractivity contribution in [3.63, 3.8) is 0 Å². The van der Waals surface area contributed by atoms with E-state index in [-0.39, 0.29) is 12.4 Å². The summed E-state index contributed by atoms with van der Waals surface area (Å²) >= 11 is 1.37. The number of carbonyl (C=O) groups is 3. The first kappa shape index (κ1) is 19.2. The lowest BCUT2D eigenvalue weighted by atomic mass is 9.88. The van der Waals surface area contributed by atoms with Gasteiger partial charge in [-0.1, -0.05) is 6.92 Å². The van der Waals surface area contributed by atoms with Crippen molar-refractivity contribution in [2.75, 3.05) is 32.2 Å². The third-order valence-corrected chi connectivity index (χ3v) is 5.51. The summed E-state index contributed by atoms with van der Waals surface area (Å²) in [5.74, 6) is -1.36. The highest BCUT2D eigenvalue weighted by molar-refractivity contribution is 7.17. The Morgan fingerprint density at radius 1 is 1.30 bits per heavy atom. The maximum atomic E-state index is 12.2. The molecule has 146 valence electrons. The van der Waals surface area contributed by atoms with Gasteiger partial charge in [-0.25, -0.2) is 9.59 Å². The van der Waals surface area contributed by atoms with E-state index >= 15 is 0 Å². The molecule has 8 nitrogen and oxygen atoms in total. The van der Waals surface area contributed by atoms with Crippen LogP contribution in [-0.4, -0.2) is 44.8 Å². The summed E-state index contributed by atoms with van der Waals surface area (Å²) in [7, 11) is 1.31. The van der Waals surface area contributed by atoms with Gasteiger partial charge in [0.05, 0.1) is 12.7 Å². The summed E-state index contributed by atoms with van der Waals surface area (Å²) in [5.41, 5.74) is 1.34. The molecule has 1 aromatic rings. The quantitative estimate of drug-likeness (QED) is 0.762. The Morgan fingerprint density at radius 2 is 2.11 bits per heavy atom. The summed E-state index contributed by atoms with van der Waals surface area (Å²) in [6.45, 7) is 2.26. The lowest BCUT2D eigenvalue weighted by Crippen LogP contribution is -2.24. The van der Waals surface area contributed by atoms with Crippen LogP contribution in [-0.2, 0) is 41.4 Å². The lowest BCUT2D eigenvalue weighted by molar-refractivity contribution is -0.148. The average Bonchev–Trinajstić information content (AvgIpc) is 3.02. The minimum atomic E-state index is -0.780. The van der Waals surface area contributed by atoms with Gasteiger partial charge in [0.25, 0.3) is 5.91 Å². The number of thiophene rings is 1. The van der Waals surface area contributed by atoms with E-state index in [1.165, 1.54) is 18.4 Å². The molecule has 1 atom stereocenters. The van der Waals surface area contributed by atoms with Crippen molar-refractivity contribution in [2.45, 2.75) is 26.2 Å². The van der Waals surface area contributed by atoms with Gasteiger partial charge in [0.2, 0.25) is 5.76 Å². The summed E-state index contributed by atoms with van der Waals surface area (Å²) in [5, 5.41) is 3.10. The number of fused-ring (bicyclic) bond motifs is 1. The van der Waals surface area contributed by atoms with E-state index in [1.807, 2.05) is 0 Å². The maximum absolute atomic E-state index is 12.2. The van der Waals surface area contributed by atoms with Crippen LogP contribution in [0.2, 0.25) is 0 Å². The summed E-state index contributed by atoms with van der Waals surface area (Å²) in [4.78, 5) is 37.3. The molecule has 0 unspecified atom stereocenters. The fourth-order valence-electron chi connectivity index (χ4n) is 3.00. The summed E-state index contributed by atoms with van der Waals surface area (Å²) in [6, 6.07) is 0. The molecule has 1 aliphatic heterocycles. The molecule has 1 aliphatic carbocycles. The molecule has 1 amide bonds. The van der Waals surface area contributed by atoms with Crippen LogP contribution < -0.4 is 5.32 Å². The molecular weight excluding hydrogens is 374 g/mol. The SMILES string of the molecule is COC(=O)c1c(NC(=O)COC(=O)C2=COCCO2)sc2c1CC[C@@H](C)C2. The summed E-state index contributed by atoms with van der Waals surface area (Å²) in [6.07, 6.45) is 3.78. The Bertz CT molecular complexity index is 783. The van der Waals surface area contributed by atoms with Gasteiger partial charge in [0.1, 0.15) is 24.5 Å². The van der Waals surface area contributed by atoms with Crippen molar-refractivity contribution in [1.29, 1.82) is 0 Å². The number of anilines is 1. The summed E-state index contributed by atoms with van der Waals surface area (Å²) < 4.78 is 19.9. The maximum Gasteiger partial charge on any atom is 0.377 e. The smallest absolute Gasteiger partial charge is 0.377 e. The Balaban J connectivity index is 1.67. The van der Waals surface area contributed by atoms with Crippen LogP contribution in [0.15, 0.2) is 12.0 Å². The zero-order chi connectivity index (χ0) is 19.4. The van der Waals surface area contributed by atoms with Crippen molar-refractivity contribution in [3.8, 4) is 0 Å². The molecule has 1 N–H and O–H groups in total. The predicted octanol–water partition coefficient (Wildman–Crippen LogP) is 2.03. The van der Waals surface area contributed by atoms with Gasteiger partial charge < -0.3 is 24.3 Å². The monoisotopic (exact) mass is 395 g/mol. The van der Waals surface area contributed by atoms with Gasteiger partial charge in [-0.2, -0.15) is 0 Å². The van der Waals surface area contributed by atoms with E-state index in [2.05, 4.69) is 12.2 Å². The van der Waals surface area contributed by atoms with Crippen molar-refractivity contribution in [1.82, 2.24) is 0 Å². The van der Waals surface area contributed by atoms with Gasteiger partial charge in [0, 0.05) is 4.88 Å². The van der Waals surface area contributed by atoms with Crippen LogP contribution in [0.25, 0.3) is 0 Å². The second-order valence-corrected chi connectivity index (χ2v) is 7.48. The van der Waals surface area contributed by atoms with Crippen LogP contribution in [0.5, 0.6) is 0 Å². The molecule has 2 aliphatic rings. The van der Waals surface area contributed by atoms with E-state index < -0.39 is 24.5 Å². The molecule has 0 aromatic carbocycles. The molecule has 0 radical (unpaired) electrons. The van der Waals surface area contributed by atoms with Crippen molar-refractivity contribution in [2.24, 2.45) is 5.92 Å². The zero-order valence-corrected chi connectivity index (χ0v) is 16.0. The molecule has 0 spiro atoms. The first-order valence-corrected chi connectivity index (χ1v) is 9.45. The number of rotatable bonds is 5. The van der Waals surface area contributed by atoms with Crippen molar-refractivity contribution < 1.29 is 33.3 Å². The number of ether oxygens (including phenoxy) is 4. The van der Waals surface area contributed by atoms with E-state index in [0.717, 1.165) is 36.0 Å². The first-order valence-electron chi connectivity index (χ1n) is 8.64. The number of esters is 2. The molecule has 0 fully saturated rings. The van der Waals surface area contributed by atoms with Crippen LogP contribution in [0.1, 0.15) is 34.1 Å². The van der Waals surface area contributed by atoms with Crippen LogP contribution in [0.3, 0.4) is 0 Å². The molecule has 0 saturated heterocycles. The Kier molecular flexibility index (Phi) is 6.00. The van der Waals surface area contributed by atoms with Gasteiger partial charge in [-0.15, -0.1) is 11.3 Å². The standard InChI is InChI=1S/C18H21NO7S/c1-10-3-4-11-13(7-10)27-16(15(11)18(22)23-2)19-14(20)9-26-17(21)12-8-24-5-6-25-12/h8,10H,3-7,9H2,1-2H3,(H,19,20)/t10-/m1/s1. The minimum absolute atomic E-state index is 0.0788. The molecule has 1 aromatic heterocycles. The fraction of sp³-hybridized carbons (Fsp3) is 0.500. The van der Waals surface area contributed by atoms with Crippen LogP contribution >= 0.6 is 11.3 Å². The number of hydrogen-bond donors (Lipinski definition) is 1. The highest BCUT2D eigenvalue weighted by Crippen LogP contribution is 2.40. The van der Waals surface area contributed by atoms with Crippen molar-refractivity contribution in [3.05, 3.63) is 28.0 Å². The third kappa shape index (κ3) is 4.41. The number of methoxy groups -OCH3 is 1. The lowest BCUT2D eigenvalue weighted by Gasteiger charge is -2.18. The van der Waals surface area contributed by atoms with Gasteiger partial charge in [-0.05, 0) is 30.7 Å². The molecular formula is C18H21NO7S. The normalized spacial score (nSPS) is 18.3. The zero-order valence-electron chi connectivity index (χ0n) is 15.2. The second kappa shape index (κ2) is 8.43. The van der Waals surface area contributed by atoms with E-state index in [0.29, 0.717) is 23.1 Å². The van der Waals surface area contributed by atoms with Gasteiger partial charge in [-0.3, -0.25) is 4.79 Å². The van der Waals surface area contributed by atoms with Crippen LogP contribution in [0, 0.1) is 5.92 Å². The fourth-order valence-corrected chi connectivity index (χ4v) is 4.41. The first-order chi connectivity index (χ1) is 13.0. The highest BCUT2D eigenvalue weighted by Gasteiger charge is 2.29. The van der Waals surface area contributed by atoms with Crippen LogP contribution in [0.4, 0.5) is 5.00 Å². The van der Waals surface area contributed by atoms with E-state index in [4.69, 9.17) is 18.9 Å². The predicted molar refractivity (Wildman–Crippen MR) is 96.4 cm³/mol. The topological polar surface area (TPSA) is 100 Å². The number of amides is 1. The number of carbonyl (C=O) groups excluding carboxylic acids is 3. The minimum Gasteiger partial charge on any atom is -0.493 e. The second-order valence-electron chi connectivity index (χ2n) is 6.37. The molecule has 2 heterocycles. The molecule has 27 heavy (non-hydrogen) atoms. The number of nitrogens with one attached hydrogen (secondary N) is 1. The van der Waals surface area contributed by atoms with E-state index in [9.17, 15) is 14.4 Å². The highest BCUT2D eigenvalue weighted by atomic mass is 32.1. The average molecular weight is 395 g/mol. The van der Waals surface area contributed by atoms with Gasteiger partial charge >= 0.3 is 11.9 Å². The third-order valence-electron chi connectivity index (χ3n) is 4.34. The number of hydrogen-bond acceptors (Lipinski definition) is 8. The molecule has 3 rings (SSSR count). The Morgan fingerprint density at radius 3 is 2.81 bits per heavy atom. The molecule has 0 saturated carbocycles. The van der Waals surface area contributed by atoms with Gasteiger partial charge in [0.15, 0.2) is 6.61 Å². The van der Waals surface area contributed by atoms with E-state index in [1.54, 1.807) is 0 Å². The largest absolute Gasteiger partial charge is 0.493 e. The Labute approximate surface area is 160 Å². The molecule has 9 heteroatoms.